The van der Waals surface area contributed by atoms with E-state index in [-0.39, 0.29) is 11.0 Å². The predicted molar refractivity (Wildman–Crippen MR) is 109 cm³/mol. The van der Waals surface area contributed by atoms with Gasteiger partial charge in [0.15, 0.2) is 5.11 Å². The van der Waals surface area contributed by atoms with E-state index in [2.05, 4.69) is 16.7 Å². The van der Waals surface area contributed by atoms with Crippen LogP contribution >= 0.6 is 12.2 Å². The standard InChI is InChI=1S/C21H15N3OS/c22-14-15-5-3-9-18(13-15)23-21(26)24-20(25)12-11-17-8-4-7-16-6-1-2-10-19(16)17/h1-13H,(H2,23,24,25,26). The van der Waals surface area contributed by atoms with Gasteiger partial charge in [0.25, 0.3) is 0 Å². The number of hydrogen-bond donors (Lipinski definition) is 2. The lowest BCUT2D eigenvalue weighted by molar-refractivity contribution is -0.115. The molecule has 0 heterocycles. The number of rotatable bonds is 3. The molecule has 0 aliphatic rings. The van der Waals surface area contributed by atoms with Crippen molar-refractivity contribution in [3.05, 3.63) is 83.9 Å². The summed E-state index contributed by atoms with van der Waals surface area (Å²) in [5.41, 5.74) is 2.12. The Labute approximate surface area is 156 Å². The van der Waals surface area contributed by atoms with Crippen LogP contribution in [0.2, 0.25) is 0 Å². The van der Waals surface area contributed by atoms with E-state index in [0.29, 0.717) is 11.3 Å². The summed E-state index contributed by atoms with van der Waals surface area (Å²) >= 11 is 5.14. The normalized spacial score (nSPS) is 10.4. The third-order valence-corrected chi connectivity index (χ3v) is 3.93. The first-order valence-corrected chi connectivity index (χ1v) is 8.34. The molecule has 2 N–H and O–H groups in total. The first kappa shape index (κ1) is 17.3. The second-order valence-corrected chi connectivity index (χ2v) is 5.95. The van der Waals surface area contributed by atoms with Crippen molar-refractivity contribution < 1.29 is 4.79 Å². The zero-order valence-electron chi connectivity index (χ0n) is 13.8. The van der Waals surface area contributed by atoms with Crippen molar-refractivity contribution in [1.29, 1.82) is 5.26 Å². The molecule has 0 unspecified atom stereocenters. The molecular weight excluding hydrogens is 342 g/mol. The highest BCUT2D eigenvalue weighted by molar-refractivity contribution is 7.80. The number of carbonyl (C=O) groups excluding carboxylic acids is 1. The number of fused-ring (bicyclic) bond motifs is 1. The topological polar surface area (TPSA) is 64.9 Å². The van der Waals surface area contributed by atoms with Crippen LogP contribution in [0.4, 0.5) is 5.69 Å². The van der Waals surface area contributed by atoms with E-state index in [4.69, 9.17) is 17.5 Å². The van der Waals surface area contributed by atoms with Crippen molar-refractivity contribution in [2.24, 2.45) is 0 Å². The number of carbonyl (C=O) groups is 1. The summed E-state index contributed by atoms with van der Waals surface area (Å²) in [6.45, 7) is 0. The monoisotopic (exact) mass is 357 g/mol. The summed E-state index contributed by atoms with van der Waals surface area (Å²) in [6, 6.07) is 22.8. The molecule has 5 heteroatoms. The van der Waals surface area contributed by atoms with Crippen LogP contribution in [-0.2, 0) is 4.79 Å². The van der Waals surface area contributed by atoms with E-state index in [1.165, 1.54) is 6.08 Å². The van der Waals surface area contributed by atoms with Gasteiger partial charge in [-0.2, -0.15) is 5.26 Å². The lowest BCUT2D eigenvalue weighted by Crippen LogP contribution is -2.32. The fourth-order valence-electron chi connectivity index (χ4n) is 2.54. The molecule has 0 aliphatic heterocycles. The van der Waals surface area contributed by atoms with Crippen molar-refractivity contribution in [2.75, 3.05) is 5.32 Å². The van der Waals surface area contributed by atoms with Crippen LogP contribution in [0.5, 0.6) is 0 Å². The average Bonchev–Trinajstić information content (AvgIpc) is 2.66. The highest BCUT2D eigenvalue weighted by atomic mass is 32.1. The number of nitriles is 1. The maximum Gasteiger partial charge on any atom is 0.250 e. The Bertz CT molecular complexity index is 1050. The summed E-state index contributed by atoms with van der Waals surface area (Å²) in [5.74, 6) is -0.327. The van der Waals surface area contributed by atoms with E-state index in [1.54, 1.807) is 30.3 Å². The van der Waals surface area contributed by atoms with Crippen LogP contribution in [0.3, 0.4) is 0 Å². The molecule has 0 aliphatic carbocycles. The molecule has 0 spiro atoms. The largest absolute Gasteiger partial charge is 0.332 e. The Balaban J connectivity index is 1.65. The van der Waals surface area contributed by atoms with Gasteiger partial charge in [0, 0.05) is 11.8 Å². The van der Waals surface area contributed by atoms with Crippen LogP contribution < -0.4 is 10.6 Å². The molecule has 3 aromatic rings. The smallest absolute Gasteiger partial charge is 0.250 e. The molecule has 0 saturated heterocycles. The van der Waals surface area contributed by atoms with Gasteiger partial charge in [-0.1, -0.05) is 48.5 Å². The molecule has 0 radical (unpaired) electrons. The van der Waals surface area contributed by atoms with E-state index < -0.39 is 0 Å². The van der Waals surface area contributed by atoms with Gasteiger partial charge in [0.1, 0.15) is 0 Å². The van der Waals surface area contributed by atoms with Gasteiger partial charge >= 0.3 is 0 Å². The van der Waals surface area contributed by atoms with Crippen LogP contribution in [0.15, 0.2) is 72.8 Å². The second-order valence-electron chi connectivity index (χ2n) is 5.54. The Morgan fingerprint density at radius 1 is 1.04 bits per heavy atom. The van der Waals surface area contributed by atoms with Crippen LogP contribution in [0.25, 0.3) is 16.8 Å². The second kappa shape index (κ2) is 8.06. The average molecular weight is 357 g/mol. The van der Waals surface area contributed by atoms with Crippen LogP contribution in [0.1, 0.15) is 11.1 Å². The van der Waals surface area contributed by atoms with E-state index in [0.717, 1.165) is 16.3 Å². The zero-order chi connectivity index (χ0) is 18.4. The van der Waals surface area contributed by atoms with Gasteiger partial charge in [-0.25, -0.2) is 0 Å². The van der Waals surface area contributed by atoms with Gasteiger partial charge < -0.3 is 5.32 Å². The fraction of sp³-hybridized carbons (Fsp3) is 0. The summed E-state index contributed by atoms with van der Waals surface area (Å²) < 4.78 is 0. The van der Waals surface area contributed by atoms with E-state index in [9.17, 15) is 4.79 Å². The Morgan fingerprint density at radius 3 is 2.65 bits per heavy atom. The summed E-state index contributed by atoms with van der Waals surface area (Å²) in [6.07, 6.45) is 3.21. The first-order valence-electron chi connectivity index (χ1n) is 7.94. The number of hydrogen-bond acceptors (Lipinski definition) is 3. The number of anilines is 1. The van der Waals surface area contributed by atoms with Crippen molar-refractivity contribution >= 4 is 45.8 Å². The van der Waals surface area contributed by atoms with E-state index in [1.807, 2.05) is 42.5 Å². The Hall–Kier alpha value is -3.49. The molecule has 3 rings (SSSR count). The zero-order valence-corrected chi connectivity index (χ0v) is 14.6. The third-order valence-electron chi connectivity index (χ3n) is 3.72. The number of amides is 1. The Kier molecular flexibility index (Phi) is 5.37. The van der Waals surface area contributed by atoms with Crippen LogP contribution in [-0.4, -0.2) is 11.0 Å². The highest BCUT2D eigenvalue weighted by Crippen LogP contribution is 2.19. The minimum Gasteiger partial charge on any atom is -0.332 e. The molecule has 0 saturated carbocycles. The first-order chi connectivity index (χ1) is 12.7. The van der Waals surface area contributed by atoms with Gasteiger partial charge in [0.2, 0.25) is 5.91 Å². The van der Waals surface area contributed by atoms with Crippen molar-refractivity contribution in [1.82, 2.24) is 5.32 Å². The predicted octanol–water partition coefficient (Wildman–Crippen LogP) is 4.24. The molecule has 0 aromatic heterocycles. The summed E-state index contributed by atoms with van der Waals surface area (Å²) in [5, 5.41) is 16.8. The molecule has 3 aromatic carbocycles. The van der Waals surface area contributed by atoms with Gasteiger partial charge in [0.05, 0.1) is 11.6 Å². The quantitative estimate of drug-likeness (QED) is 0.544. The SMILES string of the molecule is N#Cc1cccc(NC(=S)NC(=O)C=Cc2cccc3ccccc23)c1. The maximum absolute atomic E-state index is 12.1. The molecular formula is C21H15N3OS. The highest BCUT2D eigenvalue weighted by Gasteiger charge is 2.03. The molecule has 4 nitrogen and oxygen atoms in total. The molecule has 126 valence electrons. The lowest BCUT2D eigenvalue weighted by atomic mass is 10.0. The Morgan fingerprint density at radius 2 is 1.81 bits per heavy atom. The van der Waals surface area contributed by atoms with Crippen molar-refractivity contribution in [3.63, 3.8) is 0 Å². The fourth-order valence-corrected chi connectivity index (χ4v) is 2.76. The van der Waals surface area contributed by atoms with Gasteiger partial charge in [-0.3, -0.25) is 10.1 Å². The summed E-state index contributed by atoms with van der Waals surface area (Å²) in [7, 11) is 0. The minimum atomic E-state index is -0.327. The van der Waals surface area contributed by atoms with Crippen LogP contribution in [0, 0.1) is 11.3 Å². The third kappa shape index (κ3) is 4.32. The van der Waals surface area contributed by atoms with Gasteiger partial charge in [-0.15, -0.1) is 0 Å². The molecule has 26 heavy (non-hydrogen) atoms. The van der Waals surface area contributed by atoms with Crippen molar-refractivity contribution in [2.45, 2.75) is 0 Å². The molecule has 1 amide bonds. The summed E-state index contributed by atoms with van der Waals surface area (Å²) in [4.78, 5) is 12.1. The molecule has 0 fully saturated rings. The number of nitrogens with one attached hydrogen (secondary N) is 2. The number of thiocarbonyl (C=S) groups is 1. The molecule has 0 atom stereocenters. The van der Waals surface area contributed by atoms with Crippen molar-refractivity contribution in [3.8, 4) is 6.07 Å². The lowest BCUT2D eigenvalue weighted by Gasteiger charge is -2.08. The number of nitrogens with zero attached hydrogens (tertiary/aromatic N) is 1. The maximum atomic E-state index is 12.1. The minimum absolute atomic E-state index is 0.174. The number of benzene rings is 3. The van der Waals surface area contributed by atoms with E-state index >= 15 is 0 Å². The van der Waals surface area contributed by atoms with Gasteiger partial charge in [-0.05, 0) is 52.8 Å². The molecule has 0 bridgehead atoms.